The van der Waals surface area contributed by atoms with Gasteiger partial charge in [0, 0.05) is 11.6 Å². The lowest BCUT2D eigenvalue weighted by Gasteiger charge is -2.10. The average molecular weight is 318 g/mol. The van der Waals surface area contributed by atoms with Crippen LogP contribution in [0.15, 0.2) is 18.2 Å². The van der Waals surface area contributed by atoms with Crippen LogP contribution in [0.5, 0.6) is 0 Å². The van der Waals surface area contributed by atoms with E-state index in [0.29, 0.717) is 6.07 Å². The molecule has 0 radical (unpaired) electrons. The van der Waals surface area contributed by atoms with Crippen molar-refractivity contribution in [3.8, 4) is 0 Å². The summed E-state index contributed by atoms with van der Waals surface area (Å²) < 4.78 is 48.3. The van der Waals surface area contributed by atoms with Gasteiger partial charge in [0.05, 0.1) is 17.4 Å². The molecule has 0 aliphatic carbocycles. The molecule has 2 N–H and O–H groups in total. The molecule has 21 heavy (non-hydrogen) atoms. The topological polar surface area (TPSA) is 92.3 Å². The third kappa shape index (κ3) is 3.97. The van der Waals surface area contributed by atoms with Crippen molar-refractivity contribution in [1.29, 1.82) is 0 Å². The van der Waals surface area contributed by atoms with E-state index in [-0.39, 0.29) is 23.5 Å². The maximum absolute atomic E-state index is 12.9. The number of carbonyl (C=O) groups is 2. The van der Waals surface area contributed by atoms with Gasteiger partial charge in [0.15, 0.2) is 9.84 Å². The zero-order valence-electron chi connectivity index (χ0n) is 10.7. The van der Waals surface area contributed by atoms with E-state index in [1.165, 1.54) is 0 Å². The molecule has 1 saturated heterocycles. The van der Waals surface area contributed by atoms with Crippen molar-refractivity contribution in [2.24, 2.45) is 5.92 Å². The van der Waals surface area contributed by atoms with E-state index in [1.807, 2.05) is 5.43 Å². The SMILES string of the molecule is O=C(NNC(=O)[C@H]1CCS(=O)(=O)C1)c1cc(F)cc(F)c1. The van der Waals surface area contributed by atoms with Gasteiger partial charge >= 0.3 is 0 Å². The molecule has 1 heterocycles. The number of amides is 2. The van der Waals surface area contributed by atoms with Gasteiger partial charge in [-0.1, -0.05) is 0 Å². The Morgan fingerprint density at radius 1 is 1.10 bits per heavy atom. The van der Waals surface area contributed by atoms with Crippen LogP contribution in [-0.4, -0.2) is 31.7 Å². The van der Waals surface area contributed by atoms with Gasteiger partial charge in [-0.15, -0.1) is 0 Å². The number of hydrazine groups is 1. The first-order valence-electron chi connectivity index (χ1n) is 6.03. The summed E-state index contributed by atoms with van der Waals surface area (Å²) in [6.45, 7) is 0. The number of hydrogen-bond acceptors (Lipinski definition) is 4. The first-order chi connectivity index (χ1) is 9.77. The molecule has 0 spiro atoms. The first-order valence-corrected chi connectivity index (χ1v) is 7.86. The zero-order valence-corrected chi connectivity index (χ0v) is 11.5. The fraction of sp³-hybridized carbons (Fsp3) is 0.333. The number of sulfone groups is 1. The van der Waals surface area contributed by atoms with Crippen LogP contribution in [0.2, 0.25) is 0 Å². The van der Waals surface area contributed by atoms with E-state index in [4.69, 9.17) is 0 Å². The Labute approximate surface area is 119 Å². The molecule has 0 bridgehead atoms. The minimum Gasteiger partial charge on any atom is -0.273 e. The number of rotatable bonds is 2. The molecular formula is C12H12F2N2O4S. The summed E-state index contributed by atoms with van der Waals surface area (Å²) in [4.78, 5) is 23.3. The molecule has 1 aromatic carbocycles. The highest BCUT2D eigenvalue weighted by Crippen LogP contribution is 2.18. The van der Waals surface area contributed by atoms with E-state index < -0.39 is 39.2 Å². The molecule has 2 rings (SSSR count). The molecule has 1 fully saturated rings. The Morgan fingerprint density at radius 2 is 1.71 bits per heavy atom. The van der Waals surface area contributed by atoms with Crippen LogP contribution in [0, 0.1) is 17.6 Å². The molecule has 1 aromatic rings. The van der Waals surface area contributed by atoms with Gasteiger partial charge in [-0.2, -0.15) is 0 Å². The monoisotopic (exact) mass is 318 g/mol. The van der Waals surface area contributed by atoms with E-state index >= 15 is 0 Å². The third-order valence-corrected chi connectivity index (χ3v) is 4.80. The Morgan fingerprint density at radius 3 is 2.24 bits per heavy atom. The lowest BCUT2D eigenvalue weighted by Crippen LogP contribution is -2.44. The van der Waals surface area contributed by atoms with Gasteiger partial charge in [0.25, 0.3) is 5.91 Å². The summed E-state index contributed by atoms with van der Waals surface area (Å²) in [5.74, 6) is -4.48. The smallest absolute Gasteiger partial charge is 0.269 e. The molecule has 9 heteroatoms. The van der Waals surface area contributed by atoms with E-state index in [1.54, 1.807) is 0 Å². The van der Waals surface area contributed by atoms with Crippen molar-refractivity contribution in [1.82, 2.24) is 10.9 Å². The molecule has 1 aliphatic rings. The molecule has 1 aliphatic heterocycles. The van der Waals surface area contributed by atoms with Gasteiger partial charge in [-0.05, 0) is 18.6 Å². The fourth-order valence-corrected chi connectivity index (χ4v) is 3.72. The van der Waals surface area contributed by atoms with E-state index in [0.717, 1.165) is 12.1 Å². The van der Waals surface area contributed by atoms with Crippen molar-refractivity contribution < 1.29 is 26.8 Å². The molecule has 0 aromatic heterocycles. The molecule has 0 unspecified atom stereocenters. The minimum absolute atomic E-state index is 0.0753. The fourth-order valence-electron chi connectivity index (χ4n) is 1.98. The van der Waals surface area contributed by atoms with Crippen LogP contribution >= 0.6 is 0 Å². The maximum atomic E-state index is 12.9. The van der Waals surface area contributed by atoms with Crippen molar-refractivity contribution in [3.05, 3.63) is 35.4 Å². The number of benzene rings is 1. The average Bonchev–Trinajstić information content (AvgIpc) is 2.75. The predicted octanol–water partition coefficient (Wildman–Crippen LogP) is 0.161. The molecule has 114 valence electrons. The van der Waals surface area contributed by atoms with Gasteiger partial charge in [-0.3, -0.25) is 20.4 Å². The Hall–Kier alpha value is -2.03. The standard InChI is InChI=1S/C12H12F2N2O4S/c13-9-3-8(4-10(14)5-9)12(18)16-15-11(17)7-1-2-21(19,20)6-7/h3-5,7H,1-2,6H2,(H,15,17)(H,16,18)/t7-/m0/s1. The molecule has 6 nitrogen and oxygen atoms in total. The molecule has 1 atom stereocenters. The zero-order chi connectivity index (χ0) is 15.6. The van der Waals surface area contributed by atoms with Crippen LogP contribution < -0.4 is 10.9 Å². The molecular weight excluding hydrogens is 306 g/mol. The second-order valence-electron chi connectivity index (χ2n) is 4.70. The van der Waals surface area contributed by atoms with Crippen molar-refractivity contribution >= 4 is 21.7 Å². The first kappa shape index (κ1) is 15.4. The highest BCUT2D eigenvalue weighted by atomic mass is 32.2. The van der Waals surface area contributed by atoms with Crippen LogP contribution in [0.3, 0.4) is 0 Å². The number of halogens is 2. The van der Waals surface area contributed by atoms with Crippen LogP contribution in [0.4, 0.5) is 8.78 Å². The highest BCUT2D eigenvalue weighted by molar-refractivity contribution is 7.91. The third-order valence-electron chi connectivity index (χ3n) is 3.03. The van der Waals surface area contributed by atoms with E-state index in [2.05, 4.69) is 5.43 Å². The summed E-state index contributed by atoms with van der Waals surface area (Å²) in [6, 6.07) is 2.23. The normalized spacial score (nSPS) is 20.0. The Balaban J connectivity index is 1.93. The number of nitrogens with one attached hydrogen (secondary N) is 2. The molecule has 2 amide bonds. The summed E-state index contributed by atoms with van der Waals surface area (Å²) in [6.07, 6.45) is 0.179. The highest BCUT2D eigenvalue weighted by Gasteiger charge is 2.33. The minimum atomic E-state index is -3.22. The second kappa shape index (κ2) is 5.76. The van der Waals surface area contributed by atoms with Crippen molar-refractivity contribution in [2.75, 3.05) is 11.5 Å². The second-order valence-corrected chi connectivity index (χ2v) is 6.93. The lowest BCUT2D eigenvalue weighted by atomic mass is 10.1. The summed E-state index contributed by atoms with van der Waals surface area (Å²) >= 11 is 0. The Bertz CT molecular complexity index is 670. The summed E-state index contributed by atoms with van der Waals surface area (Å²) in [5, 5.41) is 0. The number of hydrogen-bond donors (Lipinski definition) is 2. The van der Waals surface area contributed by atoms with Crippen LogP contribution in [0.25, 0.3) is 0 Å². The van der Waals surface area contributed by atoms with Crippen molar-refractivity contribution in [2.45, 2.75) is 6.42 Å². The van der Waals surface area contributed by atoms with E-state index in [9.17, 15) is 26.8 Å². The van der Waals surface area contributed by atoms with Gasteiger partial charge < -0.3 is 0 Å². The predicted molar refractivity (Wildman–Crippen MR) is 68.7 cm³/mol. The lowest BCUT2D eigenvalue weighted by molar-refractivity contribution is -0.125. The summed E-state index contributed by atoms with van der Waals surface area (Å²) in [7, 11) is -3.22. The Kier molecular flexibility index (Phi) is 4.21. The van der Waals surface area contributed by atoms with Gasteiger partial charge in [-0.25, -0.2) is 17.2 Å². The largest absolute Gasteiger partial charge is 0.273 e. The quantitative estimate of drug-likeness (QED) is 0.760. The maximum Gasteiger partial charge on any atom is 0.269 e. The van der Waals surface area contributed by atoms with Crippen LogP contribution in [-0.2, 0) is 14.6 Å². The van der Waals surface area contributed by atoms with Gasteiger partial charge in [0.1, 0.15) is 11.6 Å². The van der Waals surface area contributed by atoms with Crippen LogP contribution in [0.1, 0.15) is 16.8 Å². The van der Waals surface area contributed by atoms with Crippen molar-refractivity contribution in [3.63, 3.8) is 0 Å². The molecule has 0 saturated carbocycles. The van der Waals surface area contributed by atoms with Gasteiger partial charge in [0.2, 0.25) is 5.91 Å². The number of carbonyl (C=O) groups excluding carboxylic acids is 2. The summed E-state index contributed by atoms with van der Waals surface area (Å²) in [5.41, 5.74) is 3.74.